The molecule has 2 heterocycles. The molecule has 2 amide bonds. The first kappa shape index (κ1) is 19.3. The van der Waals surface area contributed by atoms with E-state index < -0.39 is 6.10 Å². The predicted molar refractivity (Wildman–Crippen MR) is 110 cm³/mol. The van der Waals surface area contributed by atoms with Crippen LogP contribution in [0.4, 0.5) is 5.69 Å². The van der Waals surface area contributed by atoms with Crippen LogP contribution in [0.1, 0.15) is 43.7 Å². The minimum absolute atomic E-state index is 0.00911. The fourth-order valence-corrected chi connectivity index (χ4v) is 4.08. The number of para-hydroxylation sites is 2. The third kappa shape index (κ3) is 4.21. The lowest BCUT2D eigenvalue weighted by Crippen LogP contribution is -2.43. The second kappa shape index (κ2) is 8.55. The summed E-state index contributed by atoms with van der Waals surface area (Å²) in [5, 5.41) is 2.84. The summed E-state index contributed by atoms with van der Waals surface area (Å²) in [5.74, 6) is 1.08. The molecule has 6 nitrogen and oxygen atoms in total. The van der Waals surface area contributed by atoms with Crippen LogP contribution in [0.15, 0.2) is 48.5 Å². The minimum atomic E-state index is -0.808. The number of carbonyl (C=O) groups excluding carboxylic acids is 2. The lowest BCUT2D eigenvalue weighted by molar-refractivity contribution is -0.139. The number of nitrogens with one attached hydrogen (secondary N) is 1. The van der Waals surface area contributed by atoms with Gasteiger partial charge in [0.2, 0.25) is 5.91 Å². The lowest BCUT2D eigenvalue weighted by Gasteiger charge is -2.33. The normalized spacial score (nSPS) is 21.4. The Morgan fingerprint density at radius 1 is 1.14 bits per heavy atom. The van der Waals surface area contributed by atoms with Crippen molar-refractivity contribution in [1.82, 2.24) is 4.90 Å². The van der Waals surface area contributed by atoms with E-state index in [4.69, 9.17) is 9.47 Å². The van der Waals surface area contributed by atoms with Crippen molar-refractivity contribution in [2.24, 2.45) is 0 Å². The summed E-state index contributed by atoms with van der Waals surface area (Å²) in [7, 11) is 1.64. The van der Waals surface area contributed by atoms with Crippen molar-refractivity contribution in [2.45, 2.75) is 44.2 Å². The molecular weight excluding hydrogens is 368 g/mol. The summed E-state index contributed by atoms with van der Waals surface area (Å²) >= 11 is 0. The average molecular weight is 394 g/mol. The van der Waals surface area contributed by atoms with Crippen LogP contribution in [0.25, 0.3) is 0 Å². The van der Waals surface area contributed by atoms with Crippen molar-refractivity contribution in [3.05, 3.63) is 54.1 Å². The van der Waals surface area contributed by atoms with Gasteiger partial charge in [-0.25, -0.2) is 0 Å². The monoisotopic (exact) mass is 394 g/mol. The molecule has 2 atom stereocenters. The number of hydrogen-bond acceptors (Lipinski definition) is 4. The van der Waals surface area contributed by atoms with Gasteiger partial charge in [-0.15, -0.1) is 0 Å². The first-order chi connectivity index (χ1) is 14.2. The van der Waals surface area contributed by atoms with Gasteiger partial charge >= 0.3 is 0 Å². The van der Waals surface area contributed by atoms with E-state index in [1.54, 1.807) is 19.2 Å². The van der Waals surface area contributed by atoms with Crippen LogP contribution in [-0.4, -0.2) is 36.5 Å². The maximum Gasteiger partial charge on any atom is 0.266 e. The molecule has 2 aliphatic rings. The molecule has 2 aliphatic heterocycles. The number of rotatable bonds is 4. The van der Waals surface area contributed by atoms with Gasteiger partial charge in [-0.1, -0.05) is 37.1 Å². The van der Waals surface area contributed by atoms with Gasteiger partial charge in [-0.3, -0.25) is 9.59 Å². The van der Waals surface area contributed by atoms with Gasteiger partial charge in [0.15, 0.2) is 6.10 Å². The molecule has 0 unspecified atom stereocenters. The maximum atomic E-state index is 13.2. The SMILES string of the molecule is COc1ccc([C@H]2CCCCCN2C(=O)C[C@@H]2Oc3ccccc3NC2=O)cc1. The fourth-order valence-electron chi connectivity index (χ4n) is 4.08. The van der Waals surface area contributed by atoms with Crippen LogP contribution in [0, 0.1) is 0 Å². The zero-order valence-electron chi connectivity index (χ0n) is 16.6. The Balaban J connectivity index is 1.51. The number of anilines is 1. The zero-order chi connectivity index (χ0) is 20.2. The van der Waals surface area contributed by atoms with Gasteiger partial charge in [0, 0.05) is 6.54 Å². The largest absolute Gasteiger partial charge is 0.497 e. The second-order valence-electron chi connectivity index (χ2n) is 7.52. The van der Waals surface area contributed by atoms with Gasteiger partial charge in [0.25, 0.3) is 5.91 Å². The molecule has 0 saturated carbocycles. The molecule has 1 saturated heterocycles. The standard InChI is InChI=1S/C23H26N2O4/c1-28-17-12-10-16(11-13-17)19-8-3-2-6-14-25(19)22(26)15-21-23(27)24-18-7-4-5-9-20(18)29-21/h4-5,7,9-13,19,21H,2-3,6,8,14-15H2,1H3,(H,24,27)/t19-,21+/m1/s1. The number of likely N-dealkylation sites (tertiary alicyclic amines) is 1. The van der Waals surface area contributed by atoms with Gasteiger partial charge in [-0.05, 0) is 42.7 Å². The zero-order valence-corrected chi connectivity index (χ0v) is 16.6. The highest BCUT2D eigenvalue weighted by atomic mass is 16.5. The van der Waals surface area contributed by atoms with Gasteiger partial charge in [-0.2, -0.15) is 0 Å². The number of carbonyl (C=O) groups is 2. The summed E-state index contributed by atoms with van der Waals surface area (Å²) in [6.45, 7) is 0.695. The summed E-state index contributed by atoms with van der Waals surface area (Å²) in [6.07, 6.45) is 3.29. The molecule has 0 aliphatic carbocycles. The number of methoxy groups -OCH3 is 1. The Bertz CT molecular complexity index is 881. The van der Waals surface area contributed by atoms with Gasteiger partial charge in [0.05, 0.1) is 25.3 Å². The van der Waals surface area contributed by atoms with Crippen molar-refractivity contribution in [2.75, 3.05) is 19.0 Å². The predicted octanol–water partition coefficient (Wildman–Crippen LogP) is 3.93. The van der Waals surface area contributed by atoms with Crippen LogP contribution in [0.3, 0.4) is 0 Å². The van der Waals surface area contributed by atoms with Crippen molar-refractivity contribution in [3.8, 4) is 11.5 Å². The second-order valence-corrected chi connectivity index (χ2v) is 7.52. The van der Waals surface area contributed by atoms with Crippen molar-refractivity contribution in [1.29, 1.82) is 0 Å². The fraction of sp³-hybridized carbons (Fsp3) is 0.391. The third-order valence-electron chi connectivity index (χ3n) is 5.64. The average Bonchev–Trinajstić information content (AvgIpc) is 3.00. The molecule has 0 bridgehead atoms. The number of fused-ring (bicyclic) bond motifs is 1. The number of hydrogen-bond donors (Lipinski definition) is 1. The molecular formula is C23H26N2O4. The van der Waals surface area contributed by atoms with E-state index in [1.807, 2.05) is 41.3 Å². The molecule has 1 fully saturated rings. The quantitative estimate of drug-likeness (QED) is 0.853. The smallest absolute Gasteiger partial charge is 0.266 e. The highest BCUT2D eigenvalue weighted by Crippen LogP contribution is 2.33. The van der Waals surface area contributed by atoms with Gasteiger partial charge < -0.3 is 19.7 Å². The van der Waals surface area contributed by atoms with Crippen LogP contribution in [0.2, 0.25) is 0 Å². The summed E-state index contributed by atoms with van der Waals surface area (Å²) in [5.41, 5.74) is 1.74. The molecule has 152 valence electrons. The van der Waals surface area contributed by atoms with E-state index in [2.05, 4.69) is 5.32 Å². The van der Waals surface area contributed by atoms with E-state index in [0.717, 1.165) is 37.0 Å². The molecule has 6 heteroatoms. The van der Waals surface area contributed by atoms with Crippen LogP contribution in [0.5, 0.6) is 11.5 Å². The Morgan fingerprint density at radius 2 is 1.93 bits per heavy atom. The first-order valence-corrected chi connectivity index (χ1v) is 10.2. The Labute approximate surface area is 170 Å². The molecule has 0 spiro atoms. The van der Waals surface area contributed by atoms with E-state index in [1.165, 1.54) is 0 Å². The maximum absolute atomic E-state index is 13.2. The van der Waals surface area contributed by atoms with Crippen LogP contribution < -0.4 is 14.8 Å². The van der Waals surface area contributed by atoms with E-state index in [9.17, 15) is 9.59 Å². The van der Waals surface area contributed by atoms with E-state index in [-0.39, 0.29) is 24.3 Å². The summed E-state index contributed by atoms with van der Waals surface area (Å²) in [4.78, 5) is 27.6. The topological polar surface area (TPSA) is 67.9 Å². The molecule has 4 rings (SSSR count). The molecule has 2 aromatic rings. The third-order valence-corrected chi connectivity index (χ3v) is 5.64. The Kier molecular flexibility index (Phi) is 5.69. The highest BCUT2D eigenvalue weighted by molar-refractivity contribution is 6.00. The van der Waals surface area contributed by atoms with Crippen molar-refractivity contribution in [3.63, 3.8) is 0 Å². The number of benzene rings is 2. The molecule has 0 radical (unpaired) electrons. The molecule has 0 aromatic heterocycles. The highest BCUT2D eigenvalue weighted by Gasteiger charge is 2.34. The number of nitrogens with zero attached hydrogens (tertiary/aromatic N) is 1. The number of amides is 2. The first-order valence-electron chi connectivity index (χ1n) is 10.2. The van der Waals surface area contributed by atoms with E-state index >= 15 is 0 Å². The minimum Gasteiger partial charge on any atom is -0.497 e. The molecule has 2 aromatic carbocycles. The van der Waals surface area contributed by atoms with Crippen molar-refractivity contribution >= 4 is 17.5 Å². The Morgan fingerprint density at radius 3 is 2.72 bits per heavy atom. The lowest BCUT2D eigenvalue weighted by atomic mass is 10.00. The van der Waals surface area contributed by atoms with Gasteiger partial charge in [0.1, 0.15) is 11.5 Å². The molecule has 29 heavy (non-hydrogen) atoms. The van der Waals surface area contributed by atoms with Crippen molar-refractivity contribution < 1.29 is 19.1 Å². The van der Waals surface area contributed by atoms with Crippen LogP contribution in [-0.2, 0) is 9.59 Å². The number of ether oxygens (including phenoxy) is 2. The Hall–Kier alpha value is -3.02. The van der Waals surface area contributed by atoms with Crippen LogP contribution >= 0.6 is 0 Å². The molecule has 1 N–H and O–H groups in total. The summed E-state index contributed by atoms with van der Waals surface area (Å²) in [6, 6.07) is 15.2. The summed E-state index contributed by atoms with van der Waals surface area (Å²) < 4.78 is 11.1. The van der Waals surface area contributed by atoms with E-state index in [0.29, 0.717) is 18.0 Å².